The highest BCUT2D eigenvalue weighted by Crippen LogP contribution is 2.28. The van der Waals surface area contributed by atoms with Crippen molar-refractivity contribution in [3.8, 4) is 17.2 Å². The summed E-state index contributed by atoms with van der Waals surface area (Å²) in [6, 6.07) is 18.4. The lowest BCUT2D eigenvalue weighted by molar-refractivity contribution is 0.117. The molecule has 8 heteroatoms. The van der Waals surface area contributed by atoms with Gasteiger partial charge < -0.3 is 20.9 Å². The summed E-state index contributed by atoms with van der Waals surface area (Å²) in [6.45, 7) is 1.12. The lowest BCUT2D eigenvalue weighted by Crippen LogP contribution is -2.43. The van der Waals surface area contributed by atoms with E-state index in [0.717, 1.165) is 5.75 Å². The molecule has 0 saturated carbocycles. The Morgan fingerprint density at radius 1 is 1.03 bits per heavy atom. The van der Waals surface area contributed by atoms with Crippen LogP contribution in [0.15, 0.2) is 71.7 Å². The Hall–Kier alpha value is -3.62. The van der Waals surface area contributed by atoms with E-state index in [0.29, 0.717) is 42.0 Å². The fourth-order valence-corrected chi connectivity index (χ4v) is 4.16. The van der Waals surface area contributed by atoms with Crippen LogP contribution in [0.25, 0.3) is 16.7 Å². The van der Waals surface area contributed by atoms with E-state index in [1.54, 1.807) is 21.4 Å². The number of nitrogens with two attached hydrogens (primary N) is 1. The molecule has 2 aromatic heterocycles. The van der Waals surface area contributed by atoms with Crippen molar-refractivity contribution < 1.29 is 9.84 Å². The van der Waals surface area contributed by atoms with Gasteiger partial charge in [-0.25, -0.2) is 9.78 Å². The largest absolute Gasteiger partial charge is 0.457 e. The van der Waals surface area contributed by atoms with Gasteiger partial charge in [0.05, 0.1) is 23.3 Å². The van der Waals surface area contributed by atoms with Gasteiger partial charge in [0, 0.05) is 19.3 Å². The zero-order valence-corrected chi connectivity index (χ0v) is 16.8. The van der Waals surface area contributed by atoms with Crippen LogP contribution >= 0.6 is 0 Å². The van der Waals surface area contributed by atoms with E-state index in [1.807, 2.05) is 54.6 Å². The van der Waals surface area contributed by atoms with Gasteiger partial charge in [0.1, 0.15) is 22.8 Å². The number of hydrogen-bond acceptors (Lipinski definition) is 6. The number of β-amino-alcohol motifs (C(OH)–C–C–N with tert-alkyl or cyclic N) is 1. The van der Waals surface area contributed by atoms with Gasteiger partial charge in [-0.1, -0.05) is 18.2 Å². The maximum Gasteiger partial charge on any atom is 0.334 e. The number of nitrogen functional groups attached to an aromatic ring is 1. The molecule has 0 amide bonds. The average molecular weight is 417 g/mol. The van der Waals surface area contributed by atoms with E-state index in [1.165, 1.54) is 0 Å². The SMILES string of the molecule is Nc1nccc2c1n(-c1ccc(Oc3ccccc3)cc1)c(=O)n2[C@H]1CNC[C@H](O)C1. The third-order valence-electron chi connectivity index (χ3n) is 5.55. The minimum Gasteiger partial charge on any atom is -0.457 e. The zero-order chi connectivity index (χ0) is 21.4. The summed E-state index contributed by atoms with van der Waals surface area (Å²) in [5, 5.41) is 13.3. The number of rotatable bonds is 4. The second-order valence-electron chi connectivity index (χ2n) is 7.66. The van der Waals surface area contributed by atoms with Gasteiger partial charge in [0.2, 0.25) is 0 Å². The first kappa shape index (κ1) is 19.3. The average Bonchev–Trinajstić information content (AvgIpc) is 3.08. The van der Waals surface area contributed by atoms with Crippen LogP contribution in [-0.2, 0) is 0 Å². The fraction of sp³-hybridized carbons (Fsp3) is 0.217. The quantitative estimate of drug-likeness (QED) is 0.471. The number of ether oxygens (including phenoxy) is 1. The summed E-state index contributed by atoms with van der Waals surface area (Å²) >= 11 is 0. The highest BCUT2D eigenvalue weighted by Gasteiger charge is 2.27. The molecule has 2 atom stereocenters. The molecule has 1 aliphatic rings. The molecule has 0 radical (unpaired) electrons. The third kappa shape index (κ3) is 3.56. The molecule has 31 heavy (non-hydrogen) atoms. The zero-order valence-electron chi connectivity index (χ0n) is 16.8. The van der Waals surface area contributed by atoms with Crippen LogP contribution in [0.2, 0.25) is 0 Å². The minimum atomic E-state index is -0.502. The molecule has 0 unspecified atom stereocenters. The van der Waals surface area contributed by atoms with Crippen LogP contribution < -0.4 is 21.5 Å². The summed E-state index contributed by atoms with van der Waals surface area (Å²) in [4.78, 5) is 17.7. The topological polar surface area (TPSA) is 107 Å². The normalized spacial score (nSPS) is 18.9. The molecule has 4 aromatic rings. The molecule has 0 bridgehead atoms. The standard InChI is InChI=1S/C23H23N5O3/c24-22-21-20(10-11-26-22)27(16-12-17(29)14-25-13-16)23(30)28(21)15-6-8-19(9-7-15)31-18-4-2-1-3-5-18/h1-11,16-17,25,29H,12-14H2,(H2,24,26)/t16-,17-/m1/s1. The van der Waals surface area contributed by atoms with E-state index in [-0.39, 0.29) is 17.5 Å². The van der Waals surface area contributed by atoms with Crippen LogP contribution in [-0.4, -0.2) is 38.4 Å². The summed E-state index contributed by atoms with van der Waals surface area (Å²) in [6.07, 6.45) is 1.59. The number of hydrogen-bond donors (Lipinski definition) is 3. The van der Waals surface area contributed by atoms with Crippen molar-refractivity contribution in [1.29, 1.82) is 0 Å². The second kappa shape index (κ2) is 7.90. The summed E-state index contributed by atoms with van der Waals surface area (Å²) in [5.41, 5.74) is 7.90. The molecule has 5 rings (SSSR count). The number of nitrogens with zero attached hydrogens (tertiary/aromatic N) is 3. The summed E-state index contributed by atoms with van der Waals surface area (Å²) in [5.74, 6) is 1.68. The van der Waals surface area contributed by atoms with Crippen molar-refractivity contribution in [2.45, 2.75) is 18.6 Å². The summed E-state index contributed by atoms with van der Waals surface area (Å²) in [7, 11) is 0. The molecule has 4 N–H and O–H groups in total. The number of aliphatic hydroxyl groups is 1. The molecular formula is C23H23N5O3. The highest BCUT2D eigenvalue weighted by molar-refractivity contribution is 5.87. The van der Waals surface area contributed by atoms with Gasteiger partial charge in [-0.2, -0.15) is 0 Å². The van der Waals surface area contributed by atoms with Crippen LogP contribution in [0.5, 0.6) is 11.5 Å². The number of nitrogens with one attached hydrogen (secondary N) is 1. The van der Waals surface area contributed by atoms with E-state index in [4.69, 9.17) is 10.5 Å². The fourth-order valence-electron chi connectivity index (χ4n) is 4.16. The molecule has 3 heterocycles. The molecule has 1 fully saturated rings. The first-order valence-corrected chi connectivity index (χ1v) is 10.2. The van der Waals surface area contributed by atoms with E-state index >= 15 is 0 Å². The van der Waals surface area contributed by atoms with E-state index in [9.17, 15) is 9.90 Å². The number of pyridine rings is 1. The van der Waals surface area contributed by atoms with Crippen molar-refractivity contribution in [1.82, 2.24) is 19.4 Å². The Bertz CT molecular complexity index is 1260. The van der Waals surface area contributed by atoms with Gasteiger partial charge in [0.25, 0.3) is 0 Å². The molecule has 1 saturated heterocycles. The first-order valence-electron chi connectivity index (χ1n) is 10.2. The van der Waals surface area contributed by atoms with E-state index < -0.39 is 6.10 Å². The first-order chi connectivity index (χ1) is 15.1. The van der Waals surface area contributed by atoms with Crippen LogP contribution in [0.3, 0.4) is 0 Å². The lowest BCUT2D eigenvalue weighted by Gasteiger charge is -2.27. The number of anilines is 1. The van der Waals surface area contributed by atoms with Gasteiger partial charge in [-0.05, 0) is 48.9 Å². The number of para-hydroxylation sites is 1. The van der Waals surface area contributed by atoms with E-state index in [2.05, 4.69) is 10.3 Å². The Kier molecular flexibility index (Phi) is 4.93. The Balaban J connectivity index is 1.58. The molecular weight excluding hydrogens is 394 g/mol. The minimum absolute atomic E-state index is 0.178. The summed E-state index contributed by atoms with van der Waals surface area (Å²) < 4.78 is 9.14. The Morgan fingerprint density at radius 3 is 2.52 bits per heavy atom. The predicted octanol–water partition coefficient (Wildman–Crippen LogP) is 2.46. The van der Waals surface area contributed by atoms with Crippen molar-refractivity contribution in [2.75, 3.05) is 18.8 Å². The molecule has 0 aliphatic carbocycles. The number of piperidine rings is 1. The number of fused-ring (bicyclic) bond motifs is 1. The highest BCUT2D eigenvalue weighted by atomic mass is 16.5. The molecule has 158 valence electrons. The number of imidazole rings is 1. The maximum absolute atomic E-state index is 13.5. The third-order valence-corrected chi connectivity index (χ3v) is 5.55. The number of aromatic nitrogens is 3. The van der Waals surface area contributed by atoms with Gasteiger partial charge in [0.15, 0.2) is 0 Å². The lowest BCUT2D eigenvalue weighted by atomic mass is 10.0. The number of benzene rings is 2. The maximum atomic E-state index is 13.5. The van der Waals surface area contributed by atoms with Gasteiger partial charge >= 0.3 is 5.69 Å². The van der Waals surface area contributed by atoms with Crippen LogP contribution in [0, 0.1) is 0 Å². The van der Waals surface area contributed by atoms with Crippen molar-refractivity contribution in [3.63, 3.8) is 0 Å². The molecule has 2 aromatic carbocycles. The Labute approximate surface area is 178 Å². The molecule has 0 spiro atoms. The van der Waals surface area contributed by atoms with Crippen LogP contribution in [0.1, 0.15) is 12.5 Å². The van der Waals surface area contributed by atoms with Crippen molar-refractivity contribution in [2.24, 2.45) is 0 Å². The van der Waals surface area contributed by atoms with Crippen molar-refractivity contribution >= 4 is 16.9 Å². The van der Waals surface area contributed by atoms with Crippen molar-refractivity contribution in [3.05, 3.63) is 77.3 Å². The van der Waals surface area contributed by atoms with Gasteiger partial charge in [-0.3, -0.25) is 9.13 Å². The van der Waals surface area contributed by atoms with Gasteiger partial charge in [-0.15, -0.1) is 0 Å². The predicted molar refractivity (Wildman–Crippen MR) is 119 cm³/mol. The van der Waals surface area contributed by atoms with Crippen LogP contribution in [0.4, 0.5) is 5.82 Å². The molecule has 1 aliphatic heterocycles. The monoisotopic (exact) mass is 417 g/mol. The second-order valence-corrected chi connectivity index (χ2v) is 7.66. The Morgan fingerprint density at radius 2 is 1.77 bits per heavy atom. The smallest absolute Gasteiger partial charge is 0.334 e. The number of aliphatic hydroxyl groups excluding tert-OH is 1. The molecule has 8 nitrogen and oxygen atoms in total.